The second kappa shape index (κ2) is 6.10. The number of aromatic nitrogens is 2. The maximum Gasteiger partial charge on any atom is 0.295 e. The van der Waals surface area contributed by atoms with E-state index in [1.165, 1.54) is 6.07 Å². The third kappa shape index (κ3) is 3.09. The van der Waals surface area contributed by atoms with Crippen LogP contribution in [0.4, 0.5) is 11.5 Å². The molecule has 1 N–H and O–H groups in total. The van der Waals surface area contributed by atoms with Crippen molar-refractivity contribution in [3.05, 3.63) is 46.3 Å². The van der Waals surface area contributed by atoms with Crippen LogP contribution in [0.3, 0.4) is 0 Å². The predicted molar refractivity (Wildman–Crippen MR) is 77.6 cm³/mol. The van der Waals surface area contributed by atoms with Crippen molar-refractivity contribution < 1.29 is 4.92 Å². The summed E-state index contributed by atoms with van der Waals surface area (Å²) in [4.78, 5) is 19.2. The van der Waals surface area contributed by atoms with Crippen molar-refractivity contribution in [2.45, 2.75) is 20.3 Å². The summed E-state index contributed by atoms with van der Waals surface area (Å²) < 4.78 is 0. The van der Waals surface area contributed by atoms with E-state index in [-0.39, 0.29) is 5.69 Å². The molecule has 6 heteroatoms. The molecule has 0 amide bonds. The maximum atomic E-state index is 11.1. The fourth-order valence-electron chi connectivity index (χ4n) is 1.86. The molecule has 0 saturated heterocycles. The molecule has 2 heterocycles. The highest BCUT2D eigenvalue weighted by atomic mass is 16.6. The number of nitrogens with zero attached hydrogens (tertiary/aromatic N) is 3. The molecule has 104 valence electrons. The first-order chi connectivity index (χ1) is 9.61. The van der Waals surface area contributed by atoms with E-state index < -0.39 is 4.92 Å². The van der Waals surface area contributed by atoms with Crippen molar-refractivity contribution in [2.24, 2.45) is 0 Å². The number of aryl methyl sites for hydroxylation is 1. The first-order valence-electron chi connectivity index (χ1n) is 6.44. The predicted octanol–water partition coefficient (Wildman–Crippen LogP) is 3.18. The number of nitro groups is 1. The number of rotatable bonds is 5. The summed E-state index contributed by atoms with van der Waals surface area (Å²) in [6.45, 7) is 4.67. The summed E-state index contributed by atoms with van der Waals surface area (Å²) >= 11 is 0. The fourth-order valence-corrected chi connectivity index (χ4v) is 1.86. The van der Waals surface area contributed by atoms with Gasteiger partial charge in [0.25, 0.3) is 5.69 Å². The molecular formula is C14H16N4O2. The minimum atomic E-state index is -0.415. The van der Waals surface area contributed by atoms with Crippen LogP contribution in [0.25, 0.3) is 11.3 Å². The topological polar surface area (TPSA) is 81.0 Å². The van der Waals surface area contributed by atoms with Crippen LogP contribution >= 0.6 is 0 Å². The first kappa shape index (κ1) is 13.9. The Hall–Kier alpha value is -2.50. The van der Waals surface area contributed by atoms with Crippen LogP contribution in [0.5, 0.6) is 0 Å². The van der Waals surface area contributed by atoms with Crippen molar-refractivity contribution in [3.8, 4) is 11.3 Å². The van der Waals surface area contributed by atoms with Gasteiger partial charge in [-0.3, -0.25) is 15.1 Å². The zero-order chi connectivity index (χ0) is 14.5. The Morgan fingerprint density at radius 1 is 1.35 bits per heavy atom. The van der Waals surface area contributed by atoms with Gasteiger partial charge in [-0.1, -0.05) is 6.92 Å². The van der Waals surface area contributed by atoms with Gasteiger partial charge in [-0.2, -0.15) is 0 Å². The van der Waals surface area contributed by atoms with Crippen molar-refractivity contribution in [2.75, 3.05) is 11.9 Å². The molecule has 2 rings (SSSR count). The Morgan fingerprint density at radius 2 is 2.15 bits per heavy atom. The standard InChI is InChI=1S/C14H16N4O2/c1-3-7-16-13-5-4-12(18(19)20)14(17-13)11-6-8-15-10(2)9-11/h4-6,8-9H,3,7H2,1-2H3,(H,16,17). The van der Waals surface area contributed by atoms with Crippen molar-refractivity contribution in [1.29, 1.82) is 0 Å². The third-order valence-corrected chi connectivity index (χ3v) is 2.80. The maximum absolute atomic E-state index is 11.1. The van der Waals surface area contributed by atoms with E-state index in [1.54, 1.807) is 24.4 Å². The van der Waals surface area contributed by atoms with Crippen LogP contribution < -0.4 is 5.32 Å². The van der Waals surface area contributed by atoms with Crippen molar-refractivity contribution >= 4 is 11.5 Å². The summed E-state index contributed by atoms with van der Waals surface area (Å²) in [5.74, 6) is 0.641. The Bertz CT molecular complexity index is 628. The van der Waals surface area contributed by atoms with Gasteiger partial charge in [0.2, 0.25) is 0 Å². The van der Waals surface area contributed by atoms with Crippen LogP contribution in [-0.4, -0.2) is 21.4 Å². The van der Waals surface area contributed by atoms with Gasteiger partial charge >= 0.3 is 0 Å². The summed E-state index contributed by atoms with van der Waals surface area (Å²) in [5.41, 5.74) is 1.86. The van der Waals surface area contributed by atoms with Gasteiger partial charge in [-0.25, -0.2) is 4.98 Å². The summed E-state index contributed by atoms with van der Waals surface area (Å²) in [6, 6.07) is 6.63. The normalized spacial score (nSPS) is 10.3. The largest absolute Gasteiger partial charge is 0.370 e. The lowest BCUT2D eigenvalue weighted by molar-refractivity contribution is -0.384. The highest BCUT2D eigenvalue weighted by Gasteiger charge is 2.17. The quantitative estimate of drug-likeness (QED) is 0.667. The molecule has 0 radical (unpaired) electrons. The molecule has 6 nitrogen and oxygen atoms in total. The van der Waals surface area contributed by atoms with Gasteiger partial charge in [0, 0.05) is 30.1 Å². The number of hydrogen-bond donors (Lipinski definition) is 1. The molecule has 0 saturated carbocycles. The van der Waals surface area contributed by atoms with Crippen LogP contribution in [0.15, 0.2) is 30.5 Å². The van der Waals surface area contributed by atoms with Gasteiger partial charge in [-0.05, 0) is 31.5 Å². The van der Waals surface area contributed by atoms with E-state index in [0.29, 0.717) is 17.1 Å². The van der Waals surface area contributed by atoms with E-state index in [1.807, 2.05) is 13.8 Å². The lowest BCUT2D eigenvalue weighted by Gasteiger charge is -2.07. The molecule has 0 aliphatic rings. The summed E-state index contributed by atoms with van der Waals surface area (Å²) in [6.07, 6.45) is 2.59. The van der Waals surface area contributed by atoms with E-state index in [2.05, 4.69) is 15.3 Å². The smallest absolute Gasteiger partial charge is 0.295 e. The Kier molecular flexibility index (Phi) is 4.24. The monoisotopic (exact) mass is 272 g/mol. The molecule has 20 heavy (non-hydrogen) atoms. The SMILES string of the molecule is CCCNc1ccc([N+](=O)[O-])c(-c2ccnc(C)c2)n1. The highest BCUT2D eigenvalue weighted by molar-refractivity contribution is 5.71. The zero-order valence-electron chi connectivity index (χ0n) is 11.5. The molecule has 0 atom stereocenters. The molecule has 0 aliphatic heterocycles. The molecule has 2 aromatic rings. The van der Waals surface area contributed by atoms with Gasteiger partial charge in [-0.15, -0.1) is 0 Å². The molecule has 0 spiro atoms. The minimum Gasteiger partial charge on any atom is -0.370 e. The molecule has 0 aromatic carbocycles. The molecule has 0 fully saturated rings. The average Bonchev–Trinajstić information content (AvgIpc) is 2.44. The number of anilines is 1. The van der Waals surface area contributed by atoms with Gasteiger partial charge in [0.05, 0.1) is 4.92 Å². The lowest BCUT2D eigenvalue weighted by atomic mass is 10.1. The van der Waals surface area contributed by atoms with Crippen LogP contribution in [0.1, 0.15) is 19.0 Å². The van der Waals surface area contributed by atoms with Gasteiger partial charge < -0.3 is 5.32 Å². The number of hydrogen-bond acceptors (Lipinski definition) is 5. The first-order valence-corrected chi connectivity index (χ1v) is 6.44. The molecule has 0 unspecified atom stereocenters. The fraction of sp³-hybridized carbons (Fsp3) is 0.286. The number of pyridine rings is 2. The lowest BCUT2D eigenvalue weighted by Crippen LogP contribution is -2.04. The van der Waals surface area contributed by atoms with Crippen molar-refractivity contribution in [1.82, 2.24) is 9.97 Å². The Labute approximate surface area is 117 Å². The zero-order valence-corrected chi connectivity index (χ0v) is 11.5. The summed E-state index contributed by atoms with van der Waals surface area (Å²) in [7, 11) is 0. The molecule has 0 aliphatic carbocycles. The van der Waals surface area contributed by atoms with Gasteiger partial charge in [0.15, 0.2) is 5.69 Å². The Balaban J connectivity index is 2.49. The van der Waals surface area contributed by atoms with E-state index in [9.17, 15) is 10.1 Å². The molecular weight excluding hydrogens is 256 g/mol. The van der Waals surface area contributed by atoms with Gasteiger partial charge in [0.1, 0.15) is 5.82 Å². The van der Waals surface area contributed by atoms with Crippen LogP contribution in [-0.2, 0) is 0 Å². The van der Waals surface area contributed by atoms with E-state index >= 15 is 0 Å². The Morgan fingerprint density at radius 3 is 2.80 bits per heavy atom. The molecule has 0 bridgehead atoms. The van der Waals surface area contributed by atoms with Crippen LogP contribution in [0, 0.1) is 17.0 Å². The summed E-state index contributed by atoms with van der Waals surface area (Å²) in [5, 5.41) is 14.3. The van der Waals surface area contributed by atoms with E-state index in [0.717, 1.165) is 18.7 Å². The second-order valence-electron chi connectivity index (χ2n) is 4.43. The van der Waals surface area contributed by atoms with Crippen LogP contribution in [0.2, 0.25) is 0 Å². The average molecular weight is 272 g/mol. The van der Waals surface area contributed by atoms with E-state index in [4.69, 9.17) is 0 Å². The molecule has 2 aromatic heterocycles. The second-order valence-corrected chi connectivity index (χ2v) is 4.43. The number of nitrogens with one attached hydrogen (secondary N) is 1. The highest BCUT2D eigenvalue weighted by Crippen LogP contribution is 2.29. The third-order valence-electron chi connectivity index (χ3n) is 2.80. The van der Waals surface area contributed by atoms with Crippen molar-refractivity contribution in [3.63, 3.8) is 0 Å². The minimum absolute atomic E-state index is 0.00218.